The minimum absolute atomic E-state index is 0.668. The second kappa shape index (κ2) is 4.06. The molecule has 2 aliphatic rings. The van der Waals surface area contributed by atoms with Gasteiger partial charge >= 0.3 is 0 Å². The number of hydrogen-bond acceptors (Lipinski definition) is 1. The standard InChI is InChI=1S/C16H19N/c1-12-7-8-14-10-9-13-5-3-4-6-15(13)17(2)16(14)11-12/h3-8,12H,9-11H2,1-2H3. The van der Waals surface area contributed by atoms with E-state index in [0.29, 0.717) is 5.92 Å². The first-order chi connectivity index (χ1) is 8.25. The molecule has 3 rings (SSSR count). The molecule has 1 nitrogen and oxygen atoms in total. The zero-order valence-electron chi connectivity index (χ0n) is 10.6. The first-order valence-electron chi connectivity index (χ1n) is 6.47. The van der Waals surface area contributed by atoms with Gasteiger partial charge < -0.3 is 4.90 Å². The lowest BCUT2D eigenvalue weighted by molar-refractivity contribution is 0.679. The van der Waals surface area contributed by atoms with Crippen LogP contribution >= 0.6 is 0 Å². The van der Waals surface area contributed by atoms with Gasteiger partial charge in [-0.3, -0.25) is 0 Å². The Labute approximate surface area is 103 Å². The highest BCUT2D eigenvalue weighted by Crippen LogP contribution is 2.36. The average Bonchev–Trinajstić information content (AvgIpc) is 2.49. The van der Waals surface area contributed by atoms with Crippen LogP contribution in [0.4, 0.5) is 5.69 Å². The fourth-order valence-electron chi connectivity index (χ4n) is 2.92. The number of allylic oxidation sites excluding steroid dienone is 4. The van der Waals surface area contributed by atoms with Gasteiger partial charge in [0, 0.05) is 18.4 Å². The van der Waals surface area contributed by atoms with Gasteiger partial charge in [0.15, 0.2) is 0 Å². The third kappa shape index (κ3) is 1.80. The summed E-state index contributed by atoms with van der Waals surface area (Å²) in [5, 5.41) is 0. The topological polar surface area (TPSA) is 3.24 Å². The molecule has 17 heavy (non-hydrogen) atoms. The predicted molar refractivity (Wildman–Crippen MR) is 73.1 cm³/mol. The highest BCUT2D eigenvalue weighted by Gasteiger charge is 2.22. The molecule has 0 N–H and O–H groups in total. The van der Waals surface area contributed by atoms with Gasteiger partial charge in [0.2, 0.25) is 0 Å². The second-order valence-corrected chi connectivity index (χ2v) is 5.20. The first-order valence-corrected chi connectivity index (χ1v) is 6.47. The number of fused-ring (bicyclic) bond motifs is 1. The summed E-state index contributed by atoms with van der Waals surface area (Å²) in [6.07, 6.45) is 8.21. The summed E-state index contributed by atoms with van der Waals surface area (Å²) in [6.45, 7) is 2.30. The zero-order valence-corrected chi connectivity index (χ0v) is 10.6. The molecule has 1 atom stereocenters. The highest BCUT2D eigenvalue weighted by atomic mass is 15.1. The van der Waals surface area contributed by atoms with Gasteiger partial charge in [0.05, 0.1) is 0 Å². The lowest BCUT2D eigenvalue weighted by Crippen LogP contribution is -2.20. The van der Waals surface area contributed by atoms with E-state index in [9.17, 15) is 0 Å². The number of para-hydroxylation sites is 1. The molecule has 1 unspecified atom stereocenters. The first kappa shape index (κ1) is 10.6. The maximum atomic E-state index is 2.40. The van der Waals surface area contributed by atoms with Crippen LogP contribution in [0.2, 0.25) is 0 Å². The molecule has 1 aromatic carbocycles. The van der Waals surface area contributed by atoms with Crippen LogP contribution in [0.15, 0.2) is 47.7 Å². The highest BCUT2D eigenvalue weighted by molar-refractivity contribution is 5.61. The number of hydrogen-bond donors (Lipinski definition) is 0. The normalized spacial score (nSPS) is 23.2. The van der Waals surface area contributed by atoms with Crippen molar-refractivity contribution >= 4 is 5.69 Å². The Morgan fingerprint density at radius 3 is 2.88 bits per heavy atom. The SMILES string of the molecule is CC1C=CC2=C(C1)N(C)c1ccccc1CC2. The number of aryl methyl sites for hydroxylation is 1. The second-order valence-electron chi connectivity index (χ2n) is 5.20. The molecule has 0 saturated heterocycles. The van der Waals surface area contributed by atoms with E-state index in [-0.39, 0.29) is 0 Å². The van der Waals surface area contributed by atoms with Crippen LogP contribution in [-0.2, 0) is 6.42 Å². The van der Waals surface area contributed by atoms with E-state index in [1.165, 1.54) is 35.4 Å². The van der Waals surface area contributed by atoms with E-state index in [4.69, 9.17) is 0 Å². The van der Waals surface area contributed by atoms with Crippen molar-refractivity contribution in [2.24, 2.45) is 5.92 Å². The summed E-state index contributed by atoms with van der Waals surface area (Å²) in [7, 11) is 2.21. The average molecular weight is 225 g/mol. The minimum Gasteiger partial charge on any atom is -0.348 e. The van der Waals surface area contributed by atoms with E-state index < -0.39 is 0 Å². The third-order valence-corrected chi connectivity index (χ3v) is 3.93. The summed E-state index contributed by atoms with van der Waals surface area (Å²) in [4.78, 5) is 2.40. The van der Waals surface area contributed by atoms with Crippen molar-refractivity contribution in [1.82, 2.24) is 0 Å². The van der Waals surface area contributed by atoms with E-state index in [1.54, 1.807) is 0 Å². The van der Waals surface area contributed by atoms with Gasteiger partial charge in [-0.1, -0.05) is 37.3 Å². The monoisotopic (exact) mass is 225 g/mol. The molecule has 1 heterocycles. The van der Waals surface area contributed by atoms with Crippen molar-refractivity contribution in [3.63, 3.8) is 0 Å². The summed E-state index contributed by atoms with van der Waals surface area (Å²) in [5.41, 5.74) is 5.91. The van der Waals surface area contributed by atoms with Crippen LogP contribution in [0, 0.1) is 5.92 Å². The van der Waals surface area contributed by atoms with Crippen LogP contribution < -0.4 is 4.90 Å². The van der Waals surface area contributed by atoms with Crippen molar-refractivity contribution in [2.75, 3.05) is 11.9 Å². The molecule has 0 saturated carbocycles. The maximum Gasteiger partial charge on any atom is 0.0438 e. The molecule has 88 valence electrons. The fraction of sp³-hybridized carbons (Fsp3) is 0.375. The summed E-state index contributed by atoms with van der Waals surface area (Å²) >= 11 is 0. The van der Waals surface area contributed by atoms with Crippen LogP contribution in [0.1, 0.15) is 25.3 Å². The van der Waals surface area contributed by atoms with Crippen molar-refractivity contribution < 1.29 is 0 Å². The largest absolute Gasteiger partial charge is 0.348 e. The van der Waals surface area contributed by atoms with Crippen molar-refractivity contribution in [2.45, 2.75) is 26.2 Å². The Hall–Kier alpha value is -1.50. The molecular weight excluding hydrogens is 206 g/mol. The molecule has 0 radical (unpaired) electrons. The Morgan fingerprint density at radius 1 is 1.18 bits per heavy atom. The number of nitrogens with zero attached hydrogens (tertiary/aromatic N) is 1. The summed E-state index contributed by atoms with van der Waals surface area (Å²) < 4.78 is 0. The number of rotatable bonds is 0. The van der Waals surface area contributed by atoms with E-state index in [1.807, 2.05) is 0 Å². The van der Waals surface area contributed by atoms with Crippen molar-refractivity contribution in [3.8, 4) is 0 Å². The van der Waals surface area contributed by atoms with E-state index >= 15 is 0 Å². The maximum absolute atomic E-state index is 2.40. The van der Waals surface area contributed by atoms with Gasteiger partial charge in [-0.15, -0.1) is 0 Å². The molecule has 1 heteroatoms. The van der Waals surface area contributed by atoms with Crippen LogP contribution in [0.3, 0.4) is 0 Å². The fourth-order valence-corrected chi connectivity index (χ4v) is 2.92. The lowest BCUT2D eigenvalue weighted by Gasteiger charge is -2.28. The van der Waals surface area contributed by atoms with Crippen molar-refractivity contribution in [1.29, 1.82) is 0 Å². The Morgan fingerprint density at radius 2 is 2.00 bits per heavy atom. The number of benzene rings is 1. The molecular formula is C16H19N. The Kier molecular flexibility index (Phi) is 2.54. The van der Waals surface area contributed by atoms with Gasteiger partial charge in [-0.05, 0) is 42.4 Å². The Bertz CT molecular complexity index is 496. The molecule has 1 aliphatic carbocycles. The Balaban J connectivity index is 2.06. The molecule has 0 aromatic heterocycles. The van der Waals surface area contributed by atoms with E-state index in [0.717, 1.165) is 6.42 Å². The van der Waals surface area contributed by atoms with E-state index in [2.05, 4.69) is 55.3 Å². The van der Waals surface area contributed by atoms with Gasteiger partial charge in [-0.2, -0.15) is 0 Å². The van der Waals surface area contributed by atoms with Crippen LogP contribution in [0.25, 0.3) is 0 Å². The van der Waals surface area contributed by atoms with Crippen LogP contribution in [0.5, 0.6) is 0 Å². The lowest BCUT2D eigenvalue weighted by atomic mass is 9.93. The molecule has 1 aromatic rings. The number of anilines is 1. The quantitative estimate of drug-likeness (QED) is 0.647. The van der Waals surface area contributed by atoms with Gasteiger partial charge in [0.25, 0.3) is 0 Å². The smallest absolute Gasteiger partial charge is 0.0438 e. The molecule has 1 aliphatic heterocycles. The summed E-state index contributed by atoms with van der Waals surface area (Å²) in [6, 6.07) is 8.80. The van der Waals surface area contributed by atoms with Gasteiger partial charge in [-0.25, -0.2) is 0 Å². The predicted octanol–water partition coefficient (Wildman–Crippen LogP) is 3.92. The van der Waals surface area contributed by atoms with Crippen LogP contribution in [-0.4, -0.2) is 7.05 Å². The molecule has 0 amide bonds. The minimum atomic E-state index is 0.668. The third-order valence-electron chi connectivity index (χ3n) is 3.93. The molecule has 0 bridgehead atoms. The van der Waals surface area contributed by atoms with Gasteiger partial charge in [0.1, 0.15) is 0 Å². The van der Waals surface area contributed by atoms with Crippen molar-refractivity contribution in [3.05, 3.63) is 53.3 Å². The molecule has 0 spiro atoms. The molecule has 0 fully saturated rings. The zero-order chi connectivity index (χ0) is 11.8. The summed E-state index contributed by atoms with van der Waals surface area (Å²) in [5.74, 6) is 0.668.